The van der Waals surface area contributed by atoms with Gasteiger partial charge in [-0.3, -0.25) is 14.5 Å². The minimum atomic E-state index is -0.952. The number of carbonyl (C=O) groups is 3. The van der Waals surface area contributed by atoms with Crippen molar-refractivity contribution in [1.29, 1.82) is 0 Å². The number of benzene rings is 1. The minimum absolute atomic E-state index is 0.0278. The first-order chi connectivity index (χ1) is 12.8. The van der Waals surface area contributed by atoms with Crippen LogP contribution >= 0.6 is 0 Å². The van der Waals surface area contributed by atoms with Gasteiger partial charge in [0.25, 0.3) is 5.91 Å². The Kier molecular flexibility index (Phi) is 4.98. The van der Waals surface area contributed by atoms with E-state index >= 15 is 0 Å². The summed E-state index contributed by atoms with van der Waals surface area (Å²) >= 11 is 0. The molecule has 1 fully saturated rings. The van der Waals surface area contributed by atoms with Crippen LogP contribution in [-0.4, -0.2) is 39.9 Å². The fourth-order valence-electron chi connectivity index (χ4n) is 2.71. The molecule has 1 N–H and O–H groups in total. The molecule has 0 atom stereocenters. The van der Waals surface area contributed by atoms with Crippen LogP contribution in [0.25, 0.3) is 11.5 Å². The highest BCUT2D eigenvalue weighted by Crippen LogP contribution is 2.22. The van der Waals surface area contributed by atoms with Crippen LogP contribution in [-0.2, 0) is 20.9 Å². The summed E-state index contributed by atoms with van der Waals surface area (Å²) in [5.41, 5.74) is 0.407. The molecule has 0 unspecified atom stereocenters. The van der Waals surface area contributed by atoms with Gasteiger partial charge in [0.2, 0.25) is 5.89 Å². The number of ether oxygens (including phenoxy) is 1. The topological polar surface area (TPSA) is 102 Å². The van der Waals surface area contributed by atoms with Gasteiger partial charge in [0.1, 0.15) is 23.6 Å². The SMILES string of the molecule is Cc1oc(-c2ccccc2)nc1COC(=O)CCN1C(=O)NC(C)(C)C1=O. The summed E-state index contributed by atoms with van der Waals surface area (Å²) in [6.07, 6.45) is -0.0856. The van der Waals surface area contributed by atoms with Crippen molar-refractivity contribution in [3.05, 3.63) is 41.8 Å². The van der Waals surface area contributed by atoms with E-state index in [0.717, 1.165) is 10.5 Å². The van der Waals surface area contributed by atoms with Crippen molar-refractivity contribution in [3.8, 4) is 11.5 Å². The van der Waals surface area contributed by atoms with Crippen molar-refractivity contribution in [1.82, 2.24) is 15.2 Å². The maximum atomic E-state index is 12.1. The lowest BCUT2D eigenvalue weighted by molar-refractivity contribution is -0.145. The molecular weight excluding hydrogens is 350 g/mol. The Morgan fingerprint density at radius 1 is 1.26 bits per heavy atom. The molecule has 0 radical (unpaired) electrons. The summed E-state index contributed by atoms with van der Waals surface area (Å²) in [5.74, 6) is 0.141. The molecule has 1 aromatic carbocycles. The first-order valence-corrected chi connectivity index (χ1v) is 8.59. The smallest absolute Gasteiger partial charge is 0.325 e. The zero-order valence-electron chi connectivity index (χ0n) is 15.4. The quantitative estimate of drug-likeness (QED) is 0.618. The van der Waals surface area contributed by atoms with E-state index in [0.29, 0.717) is 17.3 Å². The molecule has 8 nitrogen and oxygen atoms in total. The van der Waals surface area contributed by atoms with E-state index in [1.807, 2.05) is 30.3 Å². The summed E-state index contributed by atoms with van der Waals surface area (Å²) in [4.78, 5) is 41.2. The molecular formula is C19H21N3O5. The highest BCUT2D eigenvalue weighted by Gasteiger charge is 2.44. The van der Waals surface area contributed by atoms with Gasteiger partial charge in [-0.25, -0.2) is 9.78 Å². The number of oxazole rings is 1. The minimum Gasteiger partial charge on any atom is -0.459 e. The van der Waals surface area contributed by atoms with Gasteiger partial charge in [-0.05, 0) is 32.9 Å². The van der Waals surface area contributed by atoms with Gasteiger partial charge < -0.3 is 14.5 Å². The number of urea groups is 1. The predicted octanol–water partition coefficient (Wildman–Crippen LogP) is 2.41. The van der Waals surface area contributed by atoms with Crippen molar-refractivity contribution >= 4 is 17.9 Å². The lowest BCUT2D eigenvalue weighted by atomic mass is 10.1. The maximum Gasteiger partial charge on any atom is 0.325 e. The van der Waals surface area contributed by atoms with Gasteiger partial charge in [-0.2, -0.15) is 0 Å². The van der Waals surface area contributed by atoms with Gasteiger partial charge in [0, 0.05) is 12.1 Å². The lowest BCUT2D eigenvalue weighted by Crippen LogP contribution is -2.40. The van der Waals surface area contributed by atoms with Crippen molar-refractivity contribution in [2.24, 2.45) is 0 Å². The third-order valence-electron chi connectivity index (χ3n) is 4.27. The first-order valence-electron chi connectivity index (χ1n) is 8.59. The average Bonchev–Trinajstić information content (AvgIpc) is 3.09. The number of nitrogens with zero attached hydrogens (tertiary/aromatic N) is 2. The normalized spacial score (nSPS) is 15.7. The number of hydrogen-bond donors (Lipinski definition) is 1. The highest BCUT2D eigenvalue weighted by molar-refractivity contribution is 6.06. The van der Waals surface area contributed by atoms with E-state index in [4.69, 9.17) is 9.15 Å². The van der Waals surface area contributed by atoms with E-state index in [1.54, 1.807) is 20.8 Å². The monoisotopic (exact) mass is 371 g/mol. The molecule has 2 aromatic rings. The number of aryl methyl sites for hydroxylation is 1. The number of aromatic nitrogens is 1. The van der Waals surface area contributed by atoms with E-state index in [-0.39, 0.29) is 25.5 Å². The molecule has 0 aliphatic carbocycles. The van der Waals surface area contributed by atoms with Gasteiger partial charge in [0.05, 0.1) is 6.42 Å². The lowest BCUT2D eigenvalue weighted by Gasteiger charge is -2.15. The van der Waals surface area contributed by atoms with E-state index in [9.17, 15) is 14.4 Å². The van der Waals surface area contributed by atoms with Gasteiger partial charge in [-0.15, -0.1) is 0 Å². The number of nitrogens with one attached hydrogen (secondary N) is 1. The van der Waals surface area contributed by atoms with Crippen LogP contribution < -0.4 is 5.32 Å². The fourth-order valence-corrected chi connectivity index (χ4v) is 2.71. The third-order valence-corrected chi connectivity index (χ3v) is 4.27. The molecule has 1 aliphatic heterocycles. The number of esters is 1. The zero-order valence-corrected chi connectivity index (χ0v) is 15.4. The fraction of sp³-hybridized carbons (Fsp3) is 0.368. The number of amides is 3. The Labute approximate surface area is 156 Å². The largest absolute Gasteiger partial charge is 0.459 e. The molecule has 27 heavy (non-hydrogen) atoms. The van der Waals surface area contributed by atoms with Crippen LogP contribution in [0.4, 0.5) is 4.79 Å². The van der Waals surface area contributed by atoms with Crippen LogP contribution in [0.3, 0.4) is 0 Å². The Morgan fingerprint density at radius 2 is 1.96 bits per heavy atom. The van der Waals surface area contributed by atoms with Crippen molar-refractivity contribution in [2.45, 2.75) is 39.3 Å². The molecule has 1 aromatic heterocycles. The Morgan fingerprint density at radius 3 is 2.59 bits per heavy atom. The number of carbonyl (C=O) groups excluding carboxylic acids is 3. The summed E-state index contributed by atoms with van der Waals surface area (Å²) in [6, 6.07) is 8.91. The van der Waals surface area contributed by atoms with E-state index in [1.165, 1.54) is 0 Å². The standard InChI is InChI=1S/C19H21N3O5/c1-12-14(20-16(27-12)13-7-5-4-6-8-13)11-26-15(23)9-10-22-17(24)19(2,3)21-18(22)25/h4-8H,9-11H2,1-3H3,(H,21,25). The van der Waals surface area contributed by atoms with Gasteiger partial charge in [-0.1, -0.05) is 18.2 Å². The predicted molar refractivity (Wildman–Crippen MR) is 95.4 cm³/mol. The second kappa shape index (κ2) is 7.22. The second-order valence-electron chi connectivity index (χ2n) is 6.81. The summed E-state index contributed by atoms with van der Waals surface area (Å²) in [5, 5.41) is 2.56. The van der Waals surface area contributed by atoms with Crippen molar-refractivity contribution in [2.75, 3.05) is 6.54 Å². The highest BCUT2D eigenvalue weighted by atomic mass is 16.5. The van der Waals surface area contributed by atoms with Crippen molar-refractivity contribution < 1.29 is 23.5 Å². The Balaban J connectivity index is 1.54. The van der Waals surface area contributed by atoms with Crippen LogP contribution in [0.15, 0.2) is 34.7 Å². The molecule has 1 saturated heterocycles. The van der Waals surface area contributed by atoms with E-state index in [2.05, 4.69) is 10.3 Å². The molecule has 142 valence electrons. The summed E-state index contributed by atoms with van der Waals surface area (Å²) in [6.45, 7) is 4.91. The Bertz CT molecular complexity index is 873. The van der Waals surface area contributed by atoms with Gasteiger partial charge in [0.15, 0.2) is 0 Å². The summed E-state index contributed by atoms with van der Waals surface area (Å²) < 4.78 is 10.8. The van der Waals surface area contributed by atoms with Crippen molar-refractivity contribution in [3.63, 3.8) is 0 Å². The first kappa shape index (κ1) is 18.6. The molecule has 0 bridgehead atoms. The van der Waals surface area contributed by atoms with Crippen LogP contribution in [0, 0.1) is 6.92 Å². The average molecular weight is 371 g/mol. The number of rotatable bonds is 6. The molecule has 8 heteroatoms. The Hall–Kier alpha value is -3.16. The number of hydrogen-bond acceptors (Lipinski definition) is 6. The molecule has 3 amide bonds. The molecule has 2 heterocycles. The van der Waals surface area contributed by atoms with Crippen LogP contribution in [0.2, 0.25) is 0 Å². The molecule has 1 aliphatic rings. The third kappa shape index (κ3) is 3.99. The maximum absolute atomic E-state index is 12.1. The molecule has 3 rings (SSSR count). The summed E-state index contributed by atoms with van der Waals surface area (Å²) in [7, 11) is 0. The van der Waals surface area contributed by atoms with Crippen LogP contribution in [0.5, 0.6) is 0 Å². The number of imide groups is 1. The molecule has 0 saturated carbocycles. The zero-order chi connectivity index (χ0) is 19.6. The van der Waals surface area contributed by atoms with Gasteiger partial charge >= 0.3 is 12.0 Å². The molecule has 0 spiro atoms. The second-order valence-corrected chi connectivity index (χ2v) is 6.81. The van der Waals surface area contributed by atoms with E-state index < -0.39 is 17.5 Å². The van der Waals surface area contributed by atoms with Crippen LogP contribution in [0.1, 0.15) is 31.7 Å².